The first kappa shape index (κ1) is 8.92. The van der Waals surface area contributed by atoms with Gasteiger partial charge in [0.05, 0.1) is 12.7 Å². The van der Waals surface area contributed by atoms with Gasteiger partial charge in [0.1, 0.15) is 0 Å². The van der Waals surface area contributed by atoms with Gasteiger partial charge >= 0.3 is 0 Å². The topological polar surface area (TPSA) is 40.5 Å². The van der Waals surface area contributed by atoms with E-state index in [2.05, 4.69) is 0 Å². The molecule has 0 heterocycles. The summed E-state index contributed by atoms with van der Waals surface area (Å²) in [5.74, 6) is 0. The average molecular weight is 130 g/mol. The first-order valence-electron chi connectivity index (χ1n) is 3.03. The Kier molecular flexibility index (Phi) is 3.15. The largest absolute Gasteiger partial charge is 0.396 e. The Bertz CT molecular complexity index is 79.0. The van der Waals surface area contributed by atoms with Gasteiger partial charge in [0.25, 0.3) is 0 Å². The van der Waals surface area contributed by atoms with Crippen LogP contribution in [0, 0.1) is 12.3 Å². The van der Waals surface area contributed by atoms with Crippen LogP contribution in [0.1, 0.15) is 20.3 Å². The summed E-state index contributed by atoms with van der Waals surface area (Å²) in [6.45, 7) is 8.67. The minimum Gasteiger partial charge on any atom is -0.396 e. The Morgan fingerprint density at radius 1 is 1.56 bits per heavy atom. The van der Waals surface area contributed by atoms with Crippen molar-refractivity contribution in [3.8, 4) is 0 Å². The summed E-state index contributed by atoms with van der Waals surface area (Å²) in [4.78, 5) is 0. The van der Waals surface area contributed by atoms with E-state index in [0.717, 1.165) is 0 Å². The normalized spacial score (nSPS) is 15.7. The Morgan fingerprint density at radius 3 is 2.11 bits per heavy atom. The van der Waals surface area contributed by atoms with Crippen LogP contribution in [-0.4, -0.2) is 22.9 Å². The van der Waals surface area contributed by atoms with Gasteiger partial charge in [-0.3, -0.25) is 0 Å². The van der Waals surface area contributed by atoms with Crippen molar-refractivity contribution < 1.29 is 10.2 Å². The Labute approximate surface area is 56.5 Å². The molecule has 2 nitrogen and oxygen atoms in total. The van der Waals surface area contributed by atoms with E-state index in [4.69, 9.17) is 17.1 Å². The molecule has 0 saturated heterocycles. The number of hydrogen-bond acceptors (Lipinski definition) is 2. The lowest BCUT2D eigenvalue weighted by molar-refractivity contribution is 0.00969. The van der Waals surface area contributed by atoms with E-state index in [1.54, 1.807) is 13.8 Å². The molecule has 0 aromatic rings. The fourth-order valence-corrected chi connectivity index (χ4v) is 0.424. The van der Waals surface area contributed by atoms with Crippen molar-refractivity contribution in [2.45, 2.75) is 26.4 Å². The molecule has 1 unspecified atom stereocenters. The van der Waals surface area contributed by atoms with Gasteiger partial charge in [-0.1, -0.05) is 13.8 Å². The molecule has 0 rings (SSSR count). The van der Waals surface area contributed by atoms with E-state index in [0.29, 0.717) is 0 Å². The molecule has 0 aromatic heterocycles. The highest BCUT2D eigenvalue weighted by atomic mass is 16.3. The molecule has 0 aromatic carbocycles. The van der Waals surface area contributed by atoms with Gasteiger partial charge < -0.3 is 10.2 Å². The van der Waals surface area contributed by atoms with Crippen molar-refractivity contribution in [3.63, 3.8) is 0 Å². The second-order valence-electron chi connectivity index (χ2n) is 2.90. The molecule has 0 fully saturated rings. The summed E-state index contributed by atoms with van der Waals surface area (Å²) < 4.78 is 0. The third-order valence-electron chi connectivity index (χ3n) is 1.53. The molecule has 0 aliphatic rings. The molecule has 2 N–H and O–H groups in total. The summed E-state index contributed by atoms with van der Waals surface area (Å²) in [6.07, 6.45) is -0.407. The minimum atomic E-state index is -0.609. The Morgan fingerprint density at radius 2 is 2.00 bits per heavy atom. The molecule has 1 atom stereocenters. The van der Waals surface area contributed by atoms with E-state index in [-0.39, 0.29) is 13.0 Å². The predicted molar refractivity (Wildman–Crippen MR) is 35.8 cm³/mol. The summed E-state index contributed by atoms with van der Waals surface area (Å²) in [5.41, 5.74) is -0.464. The fourth-order valence-electron chi connectivity index (χ4n) is 0.424. The van der Waals surface area contributed by atoms with Gasteiger partial charge in [-0.25, -0.2) is 0 Å². The second-order valence-corrected chi connectivity index (χ2v) is 2.90. The van der Waals surface area contributed by atoms with E-state index < -0.39 is 11.5 Å². The van der Waals surface area contributed by atoms with Crippen LogP contribution in [-0.2, 0) is 0 Å². The third-order valence-corrected chi connectivity index (χ3v) is 1.53. The van der Waals surface area contributed by atoms with Gasteiger partial charge in [0.15, 0.2) is 0 Å². The van der Waals surface area contributed by atoms with Crippen LogP contribution in [0.25, 0.3) is 0 Å². The number of aliphatic hydroxyl groups excluding tert-OH is 2. The molecule has 0 spiro atoms. The van der Waals surface area contributed by atoms with Gasteiger partial charge in [-0.05, 0) is 13.3 Å². The van der Waals surface area contributed by atoms with Gasteiger partial charge in [-0.15, -0.1) is 0 Å². The summed E-state index contributed by atoms with van der Waals surface area (Å²) in [6, 6.07) is 0. The number of rotatable bonds is 3. The highest BCUT2D eigenvalue weighted by molar-refractivity contribution is 4.76. The van der Waals surface area contributed by atoms with E-state index >= 15 is 0 Å². The standard InChI is InChI=1S/C7H14O2/c1-4-6(9)7(2,3)5-8/h1,6,8-9H,4-5H2,2-3H3. The molecule has 0 bridgehead atoms. The zero-order chi connectivity index (χ0) is 7.49. The number of hydrogen-bond donors (Lipinski definition) is 2. The molecular formula is C7H14O2. The predicted octanol–water partition coefficient (Wildman–Crippen LogP) is 0.467. The van der Waals surface area contributed by atoms with Gasteiger partial charge in [0, 0.05) is 5.41 Å². The summed E-state index contributed by atoms with van der Waals surface area (Å²) in [7, 11) is 0. The van der Waals surface area contributed by atoms with Crippen LogP contribution in [0.5, 0.6) is 0 Å². The lowest BCUT2D eigenvalue weighted by Crippen LogP contribution is -2.32. The summed E-state index contributed by atoms with van der Waals surface area (Å²) >= 11 is 0. The molecule has 54 valence electrons. The summed E-state index contributed by atoms with van der Waals surface area (Å²) in [5, 5.41) is 17.8. The average Bonchev–Trinajstić information content (AvgIpc) is 1.86. The smallest absolute Gasteiger partial charge is 0.0615 e. The second kappa shape index (κ2) is 3.18. The van der Waals surface area contributed by atoms with Crippen molar-refractivity contribution in [2.24, 2.45) is 5.41 Å². The highest BCUT2D eigenvalue weighted by Gasteiger charge is 2.24. The molecule has 2 radical (unpaired) electrons. The Balaban J connectivity index is 3.80. The van der Waals surface area contributed by atoms with Crippen molar-refractivity contribution >= 4 is 0 Å². The minimum absolute atomic E-state index is 0.0363. The maximum atomic E-state index is 9.10. The molecule has 0 aliphatic heterocycles. The highest BCUT2D eigenvalue weighted by Crippen LogP contribution is 2.20. The van der Waals surface area contributed by atoms with Crippen LogP contribution in [0.4, 0.5) is 0 Å². The molecule has 0 saturated carbocycles. The first-order chi connectivity index (χ1) is 4.04. The maximum absolute atomic E-state index is 9.10. The van der Waals surface area contributed by atoms with Crippen LogP contribution >= 0.6 is 0 Å². The SMILES string of the molecule is [CH]CC(O)C(C)(C)CO. The van der Waals surface area contributed by atoms with Crippen LogP contribution in [0.15, 0.2) is 0 Å². The molecule has 9 heavy (non-hydrogen) atoms. The Hall–Kier alpha value is -0.0800. The number of aliphatic hydroxyl groups is 2. The zero-order valence-electron chi connectivity index (χ0n) is 5.96. The van der Waals surface area contributed by atoms with Crippen LogP contribution in [0.3, 0.4) is 0 Å². The van der Waals surface area contributed by atoms with Crippen molar-refractivity contribution in [2.75, 3.05) is 6.61 Å². The maximum Gasteiger partial charge on any atom is 0.0615 e. The van der Waals surface area contributed by atoms with E-state index in [9.17, 15) is 0 Å². The molecular weight excluding hydrogens is 116 g/mol. The quantitative estimate of drug-likeness (QED) is 0.583. The van der Waals surface area contributed by atoms with Crippen molar-refractivity contribution in [1.82, 2.24) is 0 Å². The fraction of sp³-hybridized carbons (Fsp3) is 0.857. The third kappa shape index (κ3) is 2.33. The first-order valence-corrected chi connectivity index (χ1v) is 3.03. The van der Waals surface area contributed by atoms with Crippen LogP contribution in [0.2, 0.25) is 0 Å². The van der Waals surface area contributed by atoms with Crippen LogP contribution < -0.4 is 0 Å². The van der Waals surface area contributed by atoms with Crippen molar-refractivity contribution in [1.29, 1.82) is 0 Å². The van der Waals surface area contributed by atoms with Gasteiger partial charge in [-0.2, -0.15) is 0 Å². The lowest BCUT2D eigenvalue weighted by atomic mass is 9.86. The van der Waals surface area contributed by atoms with Crippen molar-refractivity contribution in [3.05, 3.63) is 6.92 Å². The zero-order valence-corrected chi connectivity index (χ0v) is 5.96. The molecule has 0 aliphatic carbocycles. The monoisotopic (exact) mass is 130 g/mol. The molecule has 2 heteroatoms. The lowest BCUT2D eigenvalue weighted by Gasteiger charge is -2.26. The molecule has 0 amide bonds. The van der Waals surface area contributed by atoms with Gasteiger partial charge in [0.2, 0.25) is 0 Å². The van der Waals surface area contributed by atoms with E-state index in [1.807, 2.05) is 0 Å². The van der Waals surface area contributed by atoms with E-state index in [1.165, 1.54) is 0 Å².